The van der Waals surface area contributed by atoms with E-state index in [1.807, 2.05) is 61.5 Å². The Bertz CT molecular complexity index is 1110. The van der Waals surface area contributed by atoms with E-state index in [1.165, 1.54) is 4.68 Å². The second-order valence-corrected chi connectivity index (χ2v) is 7.44. The first-order chi connectivity index (χ1) is 14.0. The number of carbonyl (C=O) groups excluding carboxylic acids is 1. The Labute approximate surface area is 173 Å². The molecule has 148 valence electrons. The Morgan fingerprint density at radius 3 is 2.55 bits per heavy atom. The predicted octanol–water partition coefficient (Wildman–Crippen LogP) is 3.45. The lowest BCUT2D eigenvalue weighted by molar-refractivity contribution is 0.0646. The molecule has 0 fully saturated rings. The summed E-state index contributed by atoms with van der Waals surface area (Å²) in [5, 5.41) is 15.2. The minimum absolute atomic E-state index is 0.0708. The number of nitrogens with zero attached hydrogens (tertiary/aromatic N) is 3. The summed E-state index contributed by atoms with van der Waals surface area (Å²) >= 11 is 6.27. The SMILES string of the molecule is CCN1C[C@H](C(c2ccccc2)c2cccc(Cl)c2)n2ncc(=O)c(O)c2C1=O. The quantitative estimate of drug-likeness (QED) is 0.716. The number of carbonyl (C=O) groups is 1. The number of halogens is 1. The van der Waals surface area contributed by atoms with Crippen LogP contribution in [0.15, 0.2) is 65.6 Å². The first-order valence-corrected chi connectivity index (χ1v) is 9.79. The average Bonchev–Trinajstić information content (AvgIpc) is 2.73. The van der Waals surface area contributed by atoms with E-state index in [0.717, 1.165) is 17.3 Å². The maximum absolute atomic E-state index is 12.9. The molecule has 1 aliphatic rings. The van der Waals surface area contributed by atoms with Crippen LogP contribution in [0.1, 0.15) is 40.5 Å². The van der Waals surface area contributed by atoms with Gasteiger partial charge in [-0.25, -0.2) is 0 Å². The van der Waals surface area contributed by atoms with Crippen molar-refractivity contribution in [1.29, 1.82) is 0 Å². The molecule has 1 unspecified atom stereocenters. The van der Waals surface area contributed by atoms with Crippen molar-refractivity contribution in [1.82, 2.24) is 14.7 Å². The van der Waals surface area contributed by atoms with Crippen molar-refractivity contribution in [3.05, 3.63) is 92.9 Å². The number of likely N-dealkylation sites (N-methyl/N-ethyl adjacent to an activating group) is 1. The minimum atomic E-state index is -0.666. The van der Waals surface area contributed by atoms with E-state index in [4.69, 9.17) is 11.6 Å². The fraction of sp³-hybridized carbons (Fsp3) is 0.227. The van der Waals surface area contributed by atoms with Crippen LogP contribution in [0.5, 0.6) is 5.75 Å². The van der Waals surface area contributed by atoms with Crippen LogP contribution < -0.4 is 5.43 Å². The standard InChI is InChI=1S/C22H20ClN3O3/c1-2-25-13-17(26-20(22(25)29)21(28)18(27)12-24-26)19(14-7-4-3-5-8-14)15-9-6-10-16(23)11-15/h3-12,17,19,28H,2,13H2,1H3/t17-,19?/m1/s1. The highest BCUT2D eigenvalue weighted by molar-refractivity contribution is 6.30. The summed E-state index contributed by atoms with van der Waals surface area (Å²) in [6.07, 6.45) is 1.06. The maximum Gasteiger partial charge on any atom is 0.276 e. The van der Waals surface area contributed by atoms with E-state index < -0.39 is 17.1 Å². The lowest BCUT2D eigenvalue weighted by Gasteiger charge is -2.38. The minimum Gasteiger partial charge on any atom is -0.502 e. The molecular formula is C22H20ClN3O3. The van der Waals surface area contributed by atoms with Gasteiger partial charge in [0.15, 0.2) is 11.4 Å². The van der Waals surface area contributed by atoms with Crippen LogP contribution in [0.25, 0.3) is 0 Å². The molecule has 0 bridgehead atoms. The molecule has 2 atom stereocenters. The topological polar surface area (TPSA) is 75.4 Å². The largest absolute Gasteiger partial charge is 0.502 e. The zero-order chi connectivity index (χ0) is 20.5. The molecular weight excluding hydrogens is 390 g/mol. The smallest absolute Gasteiger partial charge is 0.276 e. The molecule has 2 heterocycles. The van der Waals surface area contributed by atoms with Crippen molar-refractivity contribution >= 4 is 17.5 Å². The van der Waals surface area contributed by atoms with Crippen molar-refractivity contribution in [2.45, 2.75) is 18.9 Å². The number of aromatic hydroxyl groups is 1. The van der Waals surface area contributed by atoms with Gasteiger partial charge in [-0.3, -0.25) is 14.3 Å². The second-order valence-electron chi connectivity index (χ2n) is 7.01. The van der Waals surface area contributed by atoms with E-state index in [0.29, 0.717) is 18.1 Å². The van der Waals surface area contributed by atoms with Gasteiger partial charge in [-0.1, -0.05) is 54.1 Å². The third-order valence-corrected chi connectivity index (χ3v) is 5.57. The van der Waals surface area contributed by atoms with Gasteiger partial charge < -0.3 is 10.0 Å². The maximum atomic E-state index is 12.9. The first-order valence-electron chi connectivity index (χ1n) is 9.41. The van der Waals surface area contributed by atoms with Gasteiger partial charge in [0, 0.05) is 24.0 Å². The number of hydrogen-bond acceptors (Lipinski definition) is 4. The molecule has 3 aromatic rings. The van der Waals surface area contributed by atoms with E-state index in [1.54, 1.807) is 4.90 Å². The van der Waals surface area contributed by atoms with Gasteiger partial charge in [0.1, 0.15) is 0 Å². The average molecular weight is 410 g/mol. The Kier molecular flexibility index (Phi) is 5.11. The Morgan fingerprint density at radius 1 is 1.14 bits per heavy atom. The molecule has 4 rings (SSSR count). The van der Waals surface area contributed by atoms with E-state index in [2.05, 4.69) is 5.10 Å². The molecule has 2 aromatic carbocycles. The highest BCUT2D eigenvalue weighted by atomic mass is 35.5. The lowest BCUT2D eigenvalue weighted by atomic mass is 9.83. The van der Waals surface area contributed by atoms with Crippen LogP contribution >= 0.6 is 11.6 Å². The lowest BCUT2D eigenvalue weighted by Crippen LogP contribution is -2.46. The molecule has 1 aromatic heterocycles. The van der Waals surface area contributed by atoms with Crippen LogP contribution in [-0.2, 0) is 0 Å². The van der Waals surface area contributed by atoms with E-state index >= 15 is 0 Å². The van der Waals surface area contributed by atoms with Crippen molar-refractivity contribution in [3.63, 3.8) is 0 Å². The summed E-state index contributed by atoms with van der Waals surface area (Å²) in [6, 6.07) is 17.1. The summed E-state index contributed by atoms with van der Waals surface area (Å²) in [5.41, 5.74) is 1.25. The predicted molar refractivity (Wildman–Crippen MR) is 111 cm³/mol. The van der Waals surface area contributed by atoms with Crippen molar-refractivity contribution < 1.29 is 9.90 Å². The third kappa shape index (κ3) is 3.40. The van der Waals surface area contributed by atoms with Gasteiger partial charge in [-0.2, -0.15) is 5.10 Å². The highest BCUT2D eigenvalue weighted by Gasteiger charge is 2.39. The zero-order valence-corrected chi connectivity index (χ0v) is 16.6. The summed E-state index contributed by atoms with van der Waals surface area (Å²) < 4.78 is 1.49. The van der Waals surface area contributed by atoms with Crippen molar-refractivity contribution in [3.8, 4) is 5.75 Å². The molecule has 0 radical (unpaired) electrons. The Morgan fingerprint density at radius 2 is 1.86 bits per heavy atom. The van der Waals surface area contributed by atoms with E-state index in [-0.39, 0.29) is 17.7 Å². The van der Waals surface area contributed by atoms with Gasteiger partial charge in [0.05, 0.1) is 12.2 Å². The van der Waals surface area contributed by atoms with Crippen LogP contribution in [0.2, 0.25) is 5.02 Å². The number of benzene rings is 2. The fourth-order valence-corrected chi connectivity index (χ4v) is 4.16. The summed E-state index contributed by atoms with van der Waals surface area (Å²) in [7, 11) is 0. The van der Waals surface area contributed by atoms with Crippen LogP contribution in [0.3, 0.4) is 0 Å². The Hall–Kier alpha value is -3.12. The molecule has 29 heavy (non-hydrogen) atoms. The van der Waals surface area contributed by atoms with Gasteiger partial charge in [0.25, 0.3) is 5.91 Å². The van der Waals surface area contributed by atoms with Crippen LogP contribution in [0, 0.1) is 0 Å². The number of hydrogen-bond donors (Lipinski definition) is 1. The van der Waals surface area contributed by atoms with Gasteiger partial charge in [0.2, 0.25) is 5.43 Å². The molecule has 1 amide bonds. The molecule has 0 aliphatic carbocycles. The number of rotatable bonds is 4. The number of fused-ring (bicyclic) bond motifs is 1. The monoisotopic (exact) mass is 409 g/mol. The third-order valence-electron chi connectivity index (χ3n) is 5.33. The van der Waals surface area contributed by atoms with Gasteiger partial charge in [-0.15, -0.1) is 0 Å². The van der Waals surface area contributed by atoms with Gasteiger partial charge in [-0.05, 0) is 30.2 Å². The second kappa shape index (κ2) is 7.72. The van der Waals surface area contributed by atoms with Crippen molar-refractivity contribution in [2.24, 2.45) is 0 Å². The normalized spacial score (nSPS) is 17.1. The highest BCUT2D eigenvalue weighted by Crippen LogP contribution is 2.39. The zero-order valence-electron chi connectivity index (χ0n) is 15.8. The van der Waals surface area contributed by atoms with Gasteiger partial charge >= 0.3 is 0 Å². The van der Waals surface area contributed by atoms with Crippen LogP contribution in [-0.4, -0.2) is 38.8 Å². The molecule has 1 aliphatic heterocycles. The first kappa shape index (κ1) is 19.2. The molecule has 1 N–H and O–H groups in total. The fourth-order valence-electron chi connectivity index (χ4n) is 3.96. The van der Waals surface area contributed by atoms with Crippen molar-refractivity contribution in [2.75, 3.05) is 13.1 Å². The number of aromatic nitrogens is 2. The molecule has 0 saturated carbocycles. The summed E-state index contributed by atoms with van der Waals surface area (Å²) in [6.45, 7) is 2.71. The molecule has 0 spiro atoms. The Balaban J connectivity index is 1.96. The summed E-state index contributed by atoms with van der Waals surface area (Å²) in [5.74, 6) is -1.15. The molecule has 0 saturated heterocycles. The van der Waals surface area contributed by atoms with Crippen LogP contribution in [0.4, 0.5) is 0 Å². The molecule has 6 nitrogen and oxygen atoms in total. The molecule has 7 heteroatoms. The number of amides is 1. The van der Waals surface area contributed by atoms with E-state index in [9.17, 15) is 14.7 Å². The summed E-state index contributed by atoms with van der Waals surface area (Å²) in [4.78, 5) is 26.5.